The minimum atomic E-state index is -0.498. The standard InChI is InChI=1S/C10H13NO2/c1-7(2)8-4-3-5-9(6-8)10(12)13-11/h3-7H,11H2,1-2H3. The molecule has 1 aromatic rings. The van der Waals surface area contributed by atoms with E-state index in [0.29, 0.717) is 11.5 Å². The highest BCUT2D eigenvalue weighted by molar-refractivity contribution is 5.89. The highest BCUT2D eigenvalue weighted by Crippen LogP contribution is 2.15. The van der Waals surface area contributed by atoms with Crippen LogP contribution in [0.5, 0.6) is 0 Å². The number of hydrogen-bond acceptors (Lipinski definition) is 3. The summed E-state index contributed by atoms with van der Waals surface area (Å²) < 4.78 is 0. The van der Waals surface area contributed by atoms with Crippen LogP contribution in [0.4, 0.5) is 0 Å². The van der Waals surface area contributed by atoms with E-state index in [9.17, 15) is 4.79 Å². The van der Waals surface area contributed by atoms with Crippen LogP contribution >= 0.6 is 0 Å². The summed E-state index contributed by atoms with van der Waals surface area (Å²) in [6.07, 6.45) is 0. The molecule has 3 heteroatoms. The molecule has 1 aromatic carbocycles. The highest BCUT2D eigenvalue weighted by atomic mass is 16.7. The molecule has 70 valence electrons. The molecule has 0 aliphatic carbocycles. The van der Waals surface area contributed by atoms with Gasteiger partial charge in [-0.05, 0) is 23.6 Å². The van der Waals surface area contributed by atoms with E-state index in [-0.39, 0.29) is 0 Å². The molecule has 0 atom stereocenters. The molecule has 1 rings (SSSR count). The molecule has 0 aromatic heterocycles. The number of carbonyl (C=O) groups excluding carboxylic acids is 1. The van der Waals surface area contributed by atoms with Gasteiger partial charge in [-0.2, -0.15) is 5.90 Å². The third kappa shape index (κ3) is 2.29. The van der Waals surface area contributed by atoms with Gasteiger partial charge < -0.3 is 4.84 Å². The van der Waals surface area contributed by atoms with Crippen LogP contribution in [-0.4, -0.2) is 5.97 Å². The number of benzene rings is 1. The lowest BCUT2D eigenvalue weighted by molar-refractivity contribution is 0.0503. The minimum Gasteiger partial charge on any atom is -0.370 e. The molecule has 0 amide bonds. The Kier molecular flexibility index (Phi) is 3.03. The molecule has 0 heterocycles. The summed E-state index contributed by atoms with van der Waals surface area (Å²) >= 11 is 0. The number of hydrogen-bond donors (Lipinski definition) is 1. The van der Waals surface area contributed by atoms with E-state index in [0.717, 1.165) is 5.56 Å². The van der Waals surface area contributed by atoms with Crippen LogP contribution in [-0.2, 0) is 4.84 Å². The second kappa shape index (κ2) is 4.05. The molecule has 0 aliphatic heterocycles. The van der Waals surface area contributed by atoms with Crippen molar-refractivity contribution in [2.75, 3.05) is 0 Å². The second-order valence-corrected chi connectivity index (χ2v) is 3.19. The normalized spacial score (nSPS) is 10.2. The molecular weight excluding hydrogens is 166 g/mol. The summed E-state index contributed by atoms with van der Waals surface area (Å²) in [6, 6.07) is 7.26. The molecule has 0 bridgehead atoms. The molecule has 0 aliphatic rings. The maximum Gasteiger partial charge on any atom is 0.356 e. The van der Waals surface area contributed by atoms with Gasteiger partial charge in [0, 0.05) is 0 Å². The third-order valence-electron chi connectivity index (χ3n) is 1.90. The van der Waals surface area contributed by atoms with Crippen LogP contribution in [0.15, 0.2) is 24.3 Å². The summed E-state index contributed by atoms with van der Waals surface area (Å²) in [6.45, 7) is 4.12. The van der Waals surface area contributed by atoms with Crippen LogP contribution in [0.1, 0.15) is 35.7 Å². The maximum atomic E-state index is 11.0. The smallest absolute Gasteiger partial charge is 0.356 e. The van der Waals surface area contributed by atoms with Gasteiger partial charge in [-0.3, -0.25) is 0 Å². The van der Waals surface area contributed by atoms with Gasteiger partial charge in [0.05, 0.1) is 5.56 Å². The van der Waals surface area contributed by atoms with Crippen molar-refractivity contribution in [3.8, 4) is 0 Å². The fourth-order valence-electron chi connectivity index (χ4n) is 1.09. The number of nitrogens with two attached hydrogens (primary N) is 1. The Hall–Kier alpha value is -1.35. The third-order valence-corrected chi connectivity index (χ3v) is 1.90. The van der Waals surface area contributed by atoms with Gasteiger partial charge in [0.25, 0.3) is 0 Å². The summed E-state index contributed by atoms with van der Waals surface area (Å²) in [5, 5.41) is 0. The Balaban J connectivity index is 2.98. The first-order valence-corrected chi connectivity index (χ1v) is 4.16. The topological polar surface area (TPSA) is 52.3 Å². The van der Waals surface area contributed by atoms with Crippen LogP contribution in [0.3, 0.4) is 0 Å². The second-order valence-electron chi connectivity index (χ2n) is 3.19. The van der Waals surface area contributed by atoms with E-state index in [1.807, 2.05) is 12.1 Å². The van der Waals surface area contributed by atoms with Gasteiger partial charge in [-0.1, -0.05) is 26.0 Å². The first kappa shape index (κ1) is 9.74. The average molecular weight is 179 g/mol. The summed E-state index contributed by atoms with van der Waals surface area (Å²) in [5.41, 5.74) is 1.59. The fraction of sp³-hybridized carbons (Fsp3) is 0.300. The van der Waals surface area contributed by atoms with Gasteiger partial charge in [0.15, 0.2) is 0 Å². The SMILES string of the molecule is CC(C)c1cccc(C(=O)ON)c1. The average Bonchev–Trinajstić information content (AvgIpc) is 2.17. The van der Waals surface area contributed by atoms with Crippen molar-refractivity contribution < 1.29 is 9.63 Å². The predicted molar refractivity (Wildman–Crippen MR) is 50.1 cm³/mol. The Bertz CT molecular complexity index is 308. The zero-order valence-electron chi connectivity index (χ0n) is 7.78. The Morgan fingerprint density at radius 3 is 2.69 bits per heavy atom. The lowest BCUT2D eigenvalue weighted by Crippen LogP contribution is -2.10. The summed E-state index contributed by atoms with van der Waals surface area (Å²) in [4.78, 5) is 15.2. The Labute approximate surface area is 77.5 Å². The van der Waals surface area contributed by atoms with Crippen molar-refractivity contribution in [3.05, 3.63) is 35.4 Å². The molecule has 0 unspecified atom stereocenters. The lowest BCUT2D eigenvalue weighted by atomic mass is 10.0. The van der Waals surface area contributed by atoms with Crippen molar-refractivity contribution in [1.29, 1.82) is 0 Å². The monoisotopic (exact) mass is 179 g/mol. The molecule has 3 nitrogen and oxygen atoms in total. The number of rotatable bonds is 2. The van der Waals surface area contributed by atoms with Gasteiger partial charge in [0.2, 0.25) is 0 Å². The van der Waals surface area contributed by atoms with Crippen molar-refractivity contribution >= 4 is 5.97 Å². The molecule has 0 radical (unpaired) electrons. The van der Waals surface area contributed by atoms with E-state index in [4.69, 9.17) is 5.90 Å². The first-order chi connectivity index (χ1) is 6.15. The predicted octanol–water partition coefficient (Wildman–Crippen LogP) is 1.84. The van der Waals surface area contributed by atoms with E-state index in [1.165, 1.54) is 0 Å². The Morgan fingerprint density at radius 2 is 2.15 bits per heavy atom. The molecular formula is C10H13NO2. The zero-order chi connectivity index (χ0) is 9.84. The molecule has 0 fully saturated rings. The zero-order valence-corrected chi connectivity index (χ0v) is 7.78. The van der Waals surface area contributed by atoms with Gasteiger partial charge >= 0.3 is 5.97 Å². The maximum absolute atomic E-state index is 11.0. The minimum absolute atomic E-state index is 0.394. The number of carbonyl (C=O) groups is 1. The largest absolute Gasteiger partial charge is 0.370 e. The van der Waals surface area contributed by atoms with E-state index in [1.54, 1.807) is 12.1 Å². The van der Waals surface area contributed by atoms with E-state index in [2.05, 4.69) is 18.7 Å². The summed E-state index contributed by atoms with van der Waals surface area (Å²) in [7, 11) is 0. The first-order valence-electron chi connectivity index (χ1n) is 4.16. The molecule has 13 heavy (non-hydrogen) atoms. The molecule has 0 saturated carbocycles. The summed E-state index contributed by atoms with van der Waals surface area (Å²) in [5.74, 6) is 4.68. The lowest BCUT2D eigenvalue weighted by Gasteiger charge is -2.05. The van der Waals surface area contributed by atoms with Gasteiger partial charge in [0.1, 0.15) is 0 Å². The quantitative estimate of drug-likeness (QED) is 0.705. The molecule has 2 N–H and O–H groups in total. The van der Waals surface area contributed by atoms with Crippen LogP contribution in [0.25, 0.3) is 0 Å². The van der Waals surface area contributed by atoms with Gasteiger partial charge in [-0.25, -0.2) is 4.79 Å². The van der Waals surface area contributed by atoms with Crippen molar-refractivity contribution in [3.63, 3.8) is 0 Å². The molecule has 0 saturated heterocycles. The van der Waals surface area contributed by atoms with Crippen molar-refractivity contribution in [2.24, 2.45) is 5.90 Å². The van der Waals surface area contributed by atoms with E-state index >= 15 is 0 Å². The van der Waals surface area contributed by atoms with Crippen molar-refractivity contribution in [1.82, 2.24) is 0 Å². The van der Waals surface area contributed by atoms with Crippen LogP contribution in [0.2, 0.25) is 0 Å². The highest BCUT2D eigenvalue weighted by Gasteiger charge is 2.07. The van der Waals surface area contributed by atoms with Crippen LogP contribution in [0, 0.1) is 0 Å². The Morgan fingerprint density at radius 1 is 1.46 bits per heavy atom. The molecule has 0 spiro atoms. The fourth-order valence-corrected chi connectivity index (χ4v) is 1.09. The van der Waals surface area contributed by atoms with Crippen molar-refractivity contribution in [2.45, 2.75) is 19.8 Å². The van der Waals surface area contributed by atoms with Gasteiger partial charge in [-0.15, -0.1) is 0 Å². The van der Waals surface area contributed by atoms with Crippen LogP contribution < -0.4 is 5.90 Å². The van der Waals surface area contributed by atoms with E-state index < -0.39 is 5.97 Å².